The highest BCUT2D eigenvalue weighted by molar-refractivity contribution is 6.02. The third-order valence-corrected chi connectivity index (χ3v) is 4.93. The Bertz CT molecular complexity index is 1080. The number of alkyl halides is 2. The molecule has 0 saturated carbocycles. The highest BCUT2D eigenvalue weighted by Crippen LogP contribution is 2.51. The van der Waals surface area contributed by atoms with Crippen LogP contribution < -0.4 is 11.1 Å². The number of ether oxygens (including phenoxy) is 1. The standard InChI is InChI=1S/C20H18F3N5O2/c1-18(2)20(22,23)19(3,28-17(25)30-18)13-8-12(5-6-14(13)21)27-16(29)15-7-4-11(9-24)10-26-15/h4-8,10H,1-3H3,(H2,25,28)(H,27,29). The number of anilines is 1. The van der Waals surface area contributed by atoms with Crippen molar-refractivity contribution in [3.8, 4) is 6.07 Å². The fraction of sp³-hybridized carbons (Fsp3) is 0.300. The van der Waals surface area contributed by atoms with Gasteiger partial charge in [0, 0.05) is 17.4 Å². The molecular formula is C20H18F3N5O2. The lowest BCUT2D eigenvalue weighted by atomic mass is 9.77. The van der Waals surface area contributed by atoms with Crippen molar-refractivity contribution in [2.45, 2.75) is 37.8 Å². The average molecular weight is 417 g/mol. The summed E-state index contributed by atoms with van der Waals surface area (Å²) in [4.78, 5) is 20.0. The minimum Gasteiger partial charge on any atom is -0.453 e. The number of carbonyl (C=O) groups is 1. The van der Waals surface area contributed by atoms with E-state index in [0.717, 1.165) is 32.9 Å². The van der Waals surface area contributed by atoms with Crippen LogP contribution in [0.4, 0.5) is 18.9 Å². The van der Waals surface area contributed by atoms with Crippen molar-refractivity contribution < 1.29 is 22.7 Å². The topological polar surface area (TPSA) is 113 Å². The van der Waals surface area contributed by atoms with E-state index in [4.69, 9.17) is 15.7 Å². The SMILES string of the molecule is CC1(C)OC(N)=NC(C)(c2cc(NC(=O)c3ccc(C#N)cn3)ccc2F)C1(F)F. The molecule has 156 valence electrons. The molecule has 3 rings (SSSR count). The van der Waals surface area contributed by atoms with Gasteiger partial charge in [0.05, 0.1) is 5.56 Å². The van der Waals surface area contributed by atoms with Crippen LogP contribution in [0.3, 0.4) is 0 Å². The molecular weight excluding hydrogens is 399 g/mol. The molecule has 1 aromatic heterocycles. The second-order valence-electron chi connectivity index (χ2n) is 7.40. The lowest BCUT2D eigenvalue weighted by molar-refractivity contribution is -0.207. The Morgan fingerprint density at radius 3 is 2.53 bits per heavy atom. The molecule has 0 fully saturated rings. The van der Waals surface area contributed by atoms with E-state index in [1.165, 1.54) is 24.4 Å². The van der Waals surface area contributed by atoms with Crippen LogP contribution in [0.15, 0.2) is 41.5 Å². The normalized spacial score (nSPS) is 21.7. The minimum absolute atomic E-state index is 0.00844. The Morgan fingerprint density at radius 1 is 1.23 bits per heavy atom. The summed E-state index contributed by atoms with van der Waals surface area (Å²) in [5.74, 6) is -5.24. The molecule has 0 spiro atoms. The summed E-state index contributed by atoms with van der Waals surface area (Å²) in [5.41, 5.74) is 1.01. The highest BCUT2D eigenvalue weighted by atomic mass is 19.3. The molecule has 30 heavy (non-hydrogen) atoms. The zero-order valence-electron chi connectivity index (χ0n) is 16.3. The lowest BCUT2D eigenvalue weighted by Crippen LogP contribution is -2.62. The summed E-state index contributed by atoms with van der Waals surface area (Å²) >= 11 is 0. The van der Waals surface area contributed by atoms with Gasteiger partial charge >= 0.3 is 5.92 Å². The van der Waals surface area contributed by atoms with Gasteiger partial charge in [-0.1, -0.05) is 0 Å². The number of nitriles is 1. The molecule has 1 unspecified atom stereocenters. The van der Waals surface area contributed by atoms with Crippen LogP contribution in [-0.4, -0.2) is 28.4 Å². The Hall–Kier alpha value is -3.61. The first-order valence-corrected chi connectivity index (χ1v) is 8.81. The first kappa shape index (κ1) is 21.1. The van der Waals surface area contributed by atoms with Crippen LogP contribution in [0.2, 0.25) is 0 Å². The Morgan fingerprint density at radius 2 is 1.93 bits per heavy atom. The number of amides is 1. The van der Waals surface area contributed by atoms with Gasteiger partial charge in [-0.15, -0.1) is 0 Å². The molecule has 0 saturated heterocycles. The van der Waals surface area contributed by atoms with Gasteiger partial charge in [-0.3, -0.25) is 4.79 Å². The van der Waals surface area contributed by atoms with E-state index in [9.17, 15) is 9.18 Å². The predicted molar refractivity (Wildman–Crippen MR) is 102 cm³/mol. The van der Waals surface area contributed by atoms with Gasteiger partial charge < -0.3 is 15.8 Å². The maximum atomic E-state index is 15.2. The van der Waals surface area contributed by atoms with Crippen molar-refractivity contribution in [2.24, 2.45) is 10.7 Å². The molecule has 2 aromatic rings. The number of pyridine rings is 1. The molecule has 0 aliphatic carbocycles. The molecule has 3 N–H and O–H groups in total. The van der Waals surface area contributed by atoms with Crippen molar-refractivity contribution in [1.29, 1.82) is 5.26 Å². The van der Waals surface area contributed by atoms with E-state index in [1.54, 1.807) is 0 Å². The molecule has 1 aliphatic heterocycles. The van der Waals surface area contributed by atoms with Crippen LogP contribution >= 0.6 is 0 Å². The molecule has 0 bridgehead atoms. The third-order valence-electron chi connectivity index (χ3n) is 4.93. The van der Waals surface area contributed by atoms with E-state index in [2.05, 4.69) is 15.3 Å². The van der Waals surface area contributed by atoms with Gasteiger partial charge in [-0.2, -0.15) is 14.0 Å². The molecule has 1 atom stereocenters. The van der Waals surface area contributed by atoms with E-state index in [1.807, 2.05) is 6.07 Å². The van der Waals surface area contributed by atoms with Gasteiger partial charge in [0.25, 0.3) is 11.9 Å². The van der Waals surface area contributed by atoms with Gasteiger partial charge in [0.1, 0.15) is 17.6 Å². The summed E-state index contributed by atoms with van der Waals surface area (Å²) in [7, 11) is 0. The number of hydrogen-bond acceptors (Lipinski definition) is 6. The zero-order chi connectivity index (χ0) is 22.3. The van der Waals surface area contributed by atoms with Crippen LogP contribution in [-0.2, 0) is 10.3 Å². The zero-order valence-corrected chi connectivity index (χ0v) is 16.3. The number of nitrogens with zero attached hydrogens (tertiary/aromatic N) is 3. The molecule has 2 heterocycles. The first-order valence-electron chi connectivity index (χ1n) is 8.81. The summed E-state index contributed by atoms with van der Waals surface area (Å²) in [6.45, 7) is 3.32. The first-order chi connectivity index (χ1) is 13.9. The number of aliphatic imine (C=N–C) groups is 1. The third kappa shape index (κ3) is 3.32. The Labute approximate surface area is 170 Å². The second kappa shape index (κ2) is 7.02. The largest absolute Gasteiger partial charge is 0.453 e. The predicted octanol–water partition coefficient (Wildman–Crippen LogP) is 3.32. The highest BCUT2D eigenvalue weighted by Gasteiger charge is 2.66. The van der Waals surface area contributed by atoms with Crippen LogP contribution in [0, 0.1) is 17.1 Å². The van der Waals surface area contributed by atoms with Crippen LogP contribution in [0.1, 0.15) is 42.4 Å². The van der Waals surface area contributed by atoms with Gasteiger partial charge in [-0.05, 0) is 51.1 Å². The number of nitrogens with one attached hydrogen (secondary N) is 1. The minimum atomic E-state index is -3.64. The molecule has 1 aliphatic rings. The summed E-state index contributed by atoms with van der Waals surface area (Å²) in [6, 6.07) is 7.36. The maximum absolute atomic E-state index is 15.2. The van der Waals surface area contributed by atoms with E-state index in [-0.39, 0.29) is 16.9 Å². The summed E-state index contributed by atoms with van der Waals surface area (Å²) in [6.07, 6.45) is 1.22. The van der Waals surface area contributed by atoms with Crippen molar-refractivity contribution in [3.63, 3.8) is 0 Å². The number of nitrogens with two attached hydrogens (primary N) is 1. The molecule has 1 aromatic carbocycles. The fourth-order valence-electron chi connectivity index (χ4n) is 3.22. The number of halogens is 3. The average Bonchev–Trinajstić information content (AvgIpc) is 2.67. The van der Waals surface area contributed by atoms with E-state index >= 15 is 8.78 Å². The van der Waals surface area contributed by atoms with Crippen molar-refractivity contribution in [2.75, 3.05) is 5.32 Å². The number of amidine groups is 1. The quantitative estimate of drug-likeness (QED) is 0.795. The second-order valence-corrected chi connectivity index (χ2v) is 7.40. The Balaban J connectivity index is 2.00. The molecule has 10 heteroatoms. The number of hydrogen-bond donors (Lipinski definition) is 2. The van der Waals surface area contributed by atoms with Crippen molar-refractivity contribution in [1.82, 2.24) is 4.98 Å². The van der Waals surface area contributed by atoms with E-state index in [0.29, 0.717) is 0 Å². The summed E-state index contributed by atoms with van der Waals surface area (Å²) in [5, 5.41) is 11.3. The number of benzene rings is 1. The Kier molecular flexibility index (Phi) is 4.94. The molecule has 7 nitrogen and oxygen atoms in total. The van der Waals surface area contributed by atoms with Crippen molar-refractivity contribution in [3.05, 3.63) is 59.2 Å². The summed E-state index contributed by atoms with van der Waals surface area (Å²) < 4.78 is 50.0. The molecule has 1 amide bonds. The van der Waals surface area contributed by atoms with Gasteiger partial charge in [-0.25, -0.2) is 14.4 Å². The van der Waals surface area contributed by atoms with E-state index < -0.39 is 40.4 Å². The van der Waals surface area contributed by atoms with Crippen LogP contribution in [0.25, 0.3) is 0 Å². The van der Waals surface area contributed by atoms with Crippen molar-refractivity contribution >= 4 is 17.6 Å². The molecule has 0 radical (unpaired) electrons. The maximum Gasteiger partial charge on any atom is 0.315 e. The lowest BCUT2D eigenvalue weighted by Gasteiger charge is -2.46. The van der Waals surface area contributed by atoms with Gasteiger partial charge in [0.2, 0.25) is 0 Å². The number of aromatic nitrogens is 1. The number of carbonyl (C=O) groups excluding carboxylic acids is 1. The number of rotatable bonds is 3. The fourth-order valence-corrected chi connectivity index (χ4v) is 3.22. The van der Waals surface area contributed by atoms with Gasteiger partial charge in [0.15, 0.2) is 11.1 Å². The monoisotopic (exact) mass is 417 g/mol. The smallest absolute Gasteiger partial charge is 0.315 e. The van der Waals surface area contributed by atoms with Crippen LogP contribution in [0.5, 0.6) is 0 Å².